The van der Waals surface area contributed by atoms with Crippen molar-refractivity contribution in [2.24, 2.45) is 5.41 Å². The van der Waals surface area contributed by atoms with Gasteiger partial charge in [0.05, 0.1) is 6.20 Å². The third-order valence-electron chi connectivity index (χ3n) is 2.45. The maximum Gasteiger partial charge on any atom is 0.149 e. The highest BCUT2D eigenvalue weighted by Gasteiger charge is 2.19. The fourth-order valence-electron chi connectivity index (χ4n) is 0.973. The molecule has 1 aromatic rings. The van der Waals surface area contributed by atoms with E-state index in [0.29, 0.717) is 6.04 Å². The molecule has 0 aliphatic rings. The van der Waals surface area contributed by atoms with Crippen LogP contribution in [0.4, 0.5) is 5.82 Å². The molecule has 3 heteroatoms. The van der Waals surface area contributed by atoms with E-state index < -0.39 is 0 Å². The van der Waals surface area contributed by atoms with Crippen molar-refractivity contribution < 1.29 is 0 Å². The van der Waals surface area contributed by atoms with E-state index in [2.05, 4.69) is 43.2 Å². The topological polar surface area (TPSA) is 37.8 Å². The Hall–Kier alpha value is -1.12. The number of nitrogens with zero attached hydrogens (tertiary/aromatic N) is 2. The summed E-state index contributed by atoms with van der Waals surface area (Å²) in [5, 5.41) is 11.3. The number of nitrogens with one attached hydrogen (secondary N) is 1. The molecular formula is C11H19N3. The third kappa shape index (κ3) is 2.98. The minimum Gasteiger partial charge on any atom is -0.366 e. The van der Waals surface area contributed by atoms with Gasteiger partial charge < -0.3 is 5.32 Å². The van der Waals surface area contributed by atoms with Crippen LogP contribution in [0.2, 0.25) is 0 Å². The first-order chi connectivity index (χ1) is 6.39. The van der Waals surface area contributed by atoms with Crippen molar-refractivity contribution >= 4 is 5.82 Å². The molecule has 1 rings (SSSR count). The Morgan fingerprint density at radius 1 is 1.36 bits per heavy atom. The second-order valence-corrected chi connectivity index (χ2v) is 4.85. The number of anilines is 1. The van der Waals surface area contributed by atoms with Gasteiger partial charge in [0, 0.05) is 6.04 Å². The maximum atomic E-state index is 4.03. The SMILES string of the molecule is Cc1cnnc(NC(C)C(C)(C)C)c1. The molecule has 1 aromatic heterocycles. The molecule has 0 amide bonds. The molecule has 1 unspecified atom stereocenters. The van der Waals surface area contributed by atoms with Gasteiger partial charge in [-0.1, -0.05) is 20.8 Å². The summed E-state index contributed by atoms with van der Waals surface area (Å²) in [6, 6.07) is 2.38. The summed E-state index contributed by atoms with van der Waals surface area (Å²) < 4.78 is 0. The van der Waals surface area contributed by atoms with Crippen molar-refractivity contribution in [3.05, 3.63) is 17.8 Å². The Morgan fingerprint density at radius 2 is 2.00 bits per heavy atom. The van der Waals surface area contributed by atoms with Crippen molar-refractivity contribution in [2.45, 2.75) is 40.7 Å². The second-order valence-electron chi connectivity index (χ2n) is 4.85. The Bertz CT molecular complexity index is 302. The number of hydrogen-bond acceptors (Lipinski definition) is 3. The lowest BCUT2D eigenvalue weighted by atomic mass is 9.88. The number of aryl methyl sites for hydroxylation is 1. The third-order valence-corrected chi connectivity index (χ3v) is 2.45. The zero-order valence-electron chi connectivity index (χ0n) is 9.63. The number of rotatable bonds is 2. The molecule has 0 aromatic carbocycles. The van der Waals surface area contributed by atoms with E-state index in [1.165, 1.54) is 0 Å². The van der Waals surface area contributed by atoms with E-state index in [9.17, 15) is 0 Å². The first-order valence-electron chi connectivity index (χ1n) is 4.95. The highest BCUT2D eigenvalue weighted by atomic mass is 15.2. The van der Waals surface area contributed by atoms with Crippen LogP contribution in [0.3, 0.4) is 0 Å². The molecule has 3 nitrogen and oxygen atoms in total. The monoisotopic (exact) mass is 193 g/mol. The highest BCUT2D eigenvalue weighted by molar-refractivity contribution is 5.36. The van der Waals surface area contributed by atoms with Crippen LogP contribution in [0.25, 0.3) is 0 Å². The Balaban J connectivity index is 2.70. The molecule has 1 heterocycles. The predicted octanol–water partition coefficient (Wildman–Crippen LogP) is 2.63. The molecule has 0 aliphatic heterocycles. The molecule has 0 fully saturated rings. The standard InChI is InChI=1S/C11H19N3/c1-8-6-10(14-12-7-8)13-9(2)11(3,4)5/h6-7,9H,1-5H3,(H,13,14). The summed E-state index contributed by atoms with van der Waals surface area (Å²) in [6.45, 7) is 10.8. The van der Waals surface area contributed by atoms with Gasteiger partial charge >= 0.3 is 0 Å². The average Bonchev–Trinajstić information content (AvgIpc) is 2.02. The summed E-state index contributed by atoms with van der Waals surface area (Å²) in [5.41, 5.74) is 1.36. The van der Waals surface area contributed by atoms with Crippen LogP contribution < -0.4 is 5.32 Å². The van der Waals surface area contributed by atoms with E-state index in [0.717, 1.165) is 11.4 Å². The zero-order chi connectivity index (χ0) is 10.8. The fourth-order valence-corrected chi connectivity index (χ4v) is 0.973. The van der Waals surface area contributed by atoms with Crippen molar-refractivity contribution in [3.8, 4) is 0 Å². The molecule has 0 saturated heterocycles. The minimum atomic E-state index is 0.228. The average molecular weight is 193 g/mol. The maximum absolute atomic E-state index is 4.03. The Kier molecular flexibility index (Phi) is 3.09. The number of aromatic nitrogens is 2. The van der Waals surface area contributed by atoms with Gasteiger partial charge in [-0.25, -0.2) is 0 Å². The van der Waals surface area contributed by atoms with Gasteiger partial charge in [-0.05, 0) is 30.9 Å². The first kappa shape index (κ1) is 11.0. The quantitative estimate of drug-likeness (QED) is 0.784. The minimum absolute atomic E-state index is 0.228. The normalized spacial score (nSPS) is 13.8. The van der Waals surface area contributed by atoms with Crippen LogP contribution in [-0.2, 0) is 0 Å². The molecule has 0 spiro atoms. The zero-order valence-corrected chi connectivity index (χ0v) is 9.63. The second kappa shape index (κ2) is 3.95. The van der Waals surface area contributed by atoms with Crippen molar-refractivity contribution in [1.82, 2.24) is 10.2 Å². The van der Waals surface area contributed by atoms with Gasteiger partial charge in [0.25, 0.3) is 0 Å². The molecule has 1 N–H and O–H groups in total. The van der Waals surface area contributed by atoms with Crippen molar-refractivity contribution in [1.29, 1.82) is 0 Å². The van der Waals surface area contributed by atoms with Crippen molar-refractivity contribution in [2.75, 3.05) is 5.32 Å². The summed E-state index contributed by atoms with van der Waals surface area (Å²) in [5.74, 6) is 0.854. The van der Waals surface area contributed by atoms with Gasteiger partial charge in [0.15, 0.2) is 0 Å². The summed E-state index contributed by atoms with van der Waals surface area (Å²) in [4.78, 5) is 0. The summed E-state index contributed by atoms with van der Waals surface area (Å²) >= 11 is 0. The lowest BCUT2D eigenvalue weighted by Gasteiger charge is -2.28. The van der Waals surface area contributed by atoms with E-state index >= 15 is 0 Å². The van der Waals surface area contributed by atoms with Crippen LogP contribution in [0.5, 0.6) is 0 Å². The largest absolute Gasteiger partial charge is 0.366 e. The molecule has 1 atom stereocenters. The molecule has 0 saturated carbocycles. The molecule has 0 radical (unpaired) electrons. The van der Waals surface area contributed by atoms with Crippen LogP contribution in [-0.4, -0.2) is 16.2 Å². The number of hydrogen-bond donors (Lipinski definition) is 1. The molecule has 14 heavy (non-hydrogen) atoms. The van der Waals surface area contributed by atoms with Crippen molar-refractivity contribution in [3.63, 3.8) is 0 Å². The van der Waals surface area contributed by atoms with Gasteiger partial charge in [-0.3, -0.25) is 0 Å². The molecular weight excluding hydrogens is 174 g/mol. The molecule has 0 bridgehead atoms. The van der Waals surface area contributed by atoms with Gasteiger partial charge in [0.2, 0.25) is 0 Å². The Morgan fingerprint density at radius 3 is 2.50 bits per heavy atom. The summed E-state index contributed by atoms with van der Waals surface area (Å²) in [6.07, 6.45) is 1.76. The van der Waals surface area contributed by atoms with Gasteiger partial charge in [-0.15, -0.1) is 5.10 Å². The van der Waals surface area contributed by atoms with Crippen LogP contribution in [0.15, 0.2) is 12.3 Å². The fraction of sp³-hybridized carbons (Fsp3) is 0.636. The first-order valence-corrected chi connectivity index (χ1v) is 4.95. The van der Waals surface area contributed by atoms with Gasteiger partial charge in [0.1, 0.15) is 5.82 Å². The smallest absolute Gasteiger partial charge is 0.149 e. The van der Waals surface area contributed by atoms with E-state index in [1.807, 2.05) is 13.0 Å². The van der Waals surface area contributed by atoms with E-state index in [-0.39, 0.29) is 5.41 Å². The molecule has 78 valence electrons. The highest BCUT2D eigenvalue weighted by Crippen LogP contribution is 2.21. The van der Waals surface area contributed by atoms with Crippen LogP contribution in [0, 0.1) is 12.3 Å². The van der Waals surface area contributed by atoms with Crippen LogP contribution in [0.1, 0.15) is 33.3 Å². The molecule has 0 aliphatic carbocycles. The van der Waals surface area contributed by atoms with E-state index in [4.69, 9.17) is 0 Å². The van der Waals surface area contributed by atoms with E-state index in [1.54, 1.807) is 6.20 Å². The Labute approximate surface area is 85.9 Å². The summed E-state index contributed by atoms with van der Waals surface area (Å²) in [7, 11) is 0. The lowest BCUT2D eigenvalue weighted by Crippen LogP contribution is -2.31. The van der Waals surface area contributed by atoms with Gasteiger partial charge in [-0.2, -0.15) is 5.10 Å². The predicted molar refractivity (Wildman–Crippen MR) is 59.3 cm³/mol. The van der Waals surface area contributed by atoms with Crippen LogP contribution >= 0.6 is 0 Å². The lowest BCUT2D eigenvalue weighted by molar-refractivity contribution is 0.358.